The summed E-state index contributed by atoms with van der Waals surface area (Å²) in [4.78, 5) is 14.3. The molecule has 0 aliphatic carbocycles. The minimum atomic E-state index is 0.118. The number of likely N-dealkylation sites (tertiary alicyclic amines) is 1. The summed E-state index contributed by atoms with van der Waals surface area (Å²) in [6.07, 6.45) is 2.10. The topological polar surface area (TPSA) is 46.3 Å². The fourth-order valence-electron chi connectivity index (χ4n) is 2.49. The predicted molar refractivity (Wildman–Crippen MR) is 68.7 cm³/mol. The van der Waals surface area contributed by atoms with Gasteiger partial charge in [-0.1, -0.05) is 25.1 Å². The first kappa shape index (κ1) is 12.1. The van der Waals surface area contributed by atoms with Gasteiger partial charge in [-0.3, -0.25) is 4.79 Å². The molecule has 1 aliphatic rings. The molecule has 0 bridgehead atoms. The van der Waals surface area contributed by atoms with E-state index < -0.39 is 0 Å². The zero-order valence-corrected chi connectivity index (χ0v) is 10.3. The molecule has 0 saturated carbocycles. The van der Waals surface area contributed by atoms with E-state index in [4.69, 9.17) is 5.73 Å². The van der Waals surface area contributed by atoms with E-state index in [1.165, 1.54) is 0 Å². The standard InChI is InChI=1S/C14H20N2O/c1-11-7-8-16(13(9-11)10-15)14(17)12-5-3-2-4-6-12/h2-6,11,13H,7-10,15H2,1H3. The number of hydrogen-bond acceptors (Lipinski definition) is 2. The summed E-state index contributed by atoms with van der Waals surface area (Å²) >= 11 is 0. The van der Waals surface area contributed by atoms with Crippen LogP contribution in [0.4, 0.5) is 0 Å². The highest BCUT2D eigenvalue weighted by Gasteiger charge is 2.29. The van der Waals surface area contributed by atoms with Gasteiger partial charge in [0.05, 0.1) is 0 Å². The first-order chi connectivity index (χ1) is 8.22. The summed E-state index contributed by atoms with van der Waals surface area (Å²) in [5, 5.41) is 0. The van der Waals surface area contributed by atoms with Crippen molar-refractivity contribution < 1.29 is 4.79 Å². The highest BCUT2D eigenvalue weighted by atomic mass is 16.2. The molecule has 1 fully saturated rings. The maximum atomic E-state index is 12.3. The molecule has 1 aliphatic heterocycles. The van der Waals surface area contributed by atoms with E-state index >= 15 is 0 Å². The molecule has 1 saturated heterocycles. The minimum Gasteiger partial charge on any atom is -0.334 e. The summed E-state index contributed by atoms with van der Waals surface area (Å²) in [6, 6.07) is 9.66. The Labute approximate surface area is 103 Å². The predicted octanol–water partition coefficient (Wildman–Crippen LogP) is 1.89. The van der Waals surface area contributed by atoms with Gasteiger partial charge >= 0.3 is 0 Å². The normalized spacial score (nSPS) is 24.7. The van der Waals surface area contributed by atoms with Crippen molar-refractivity contribution in [2.45, 2.75) is 25.8 Å². The maximum Gasteiger partial charge on any atom is 0.254 e. The van der Waals surface area contributed by atoms with Crippen LogP contribution in [-0.4, -0.2) is 29.9 Å². The fraction of sp³-hybridized carbons (Fsp3) is 0.500. The van der Waals surface area contributed by atoms with E-state index in [0.717, 1.165) is 24.9 Å². The van der Waals surface area contributed by atoms with Crippen LogP contribution in [-0.2, 0) is 0 Å². The third kappa shape index (κ3) is 2.67. The average molecular weight is 232 g/mol. The van der Waals surface area contributed by atoms with Crippen LogP contribution in [0.2, 0.25) is 0 Å². The van der Waals surface area contributed by atoms with Crippen LogP contribution >= 0.6 is 0 Å². The van der Waals surface area contributed by atoms with Crippen molar-refractivity contribution in [2.75, 3.05) is 13.1 Å². The summed E-state index contributed by atoms with van der Waals surface area (Å²) in [5.74, 6) is 0.788. The van der Waals surface area contributed by atoms with E-state index in [9.17, 15) is 4.79 Å². The van der Waals surface area contributed by atoms with E-state index in [-0.39, 0.29) is 11.9 Å². The van der Waals surface area contributed by atoms with Crippen LogP contribution in [0.25, 0.3) is 0 Å². The summed E-state index contributed by atoms with van der Waals surface area (Å²) in [6.45, 7) is 3.62. The quantitative estimate of drug-likeness (QED) is 0.846. The van der Waals surface area contributed by atoms with Crippen LogP contribution in [0, 0.1) is 5.92 Å². The molecule has 17 heavy (non-hydrogen) atoms. The Morgan fingerprint density at radius 3 is 2.76 bits per heavy atom. The highest BCUT2D eigenvalue weighted by Crippen LogP contribution is 2.23. The third-order valence-electron chi connectivity index (χ3n) is 3.53. The third-order valence-corrected chi connectivity index (χ3v) is 3.53. The van der Waals surface area contributed by atoms with Crippen molar-refractivity contribution in [3.05, 3.63) is 35.9 Å². The largest absolute Gasteiger partial charge is 0.334 e. The van der Waals surface area contributed by atoms with Crippen LogP contribution in [0.5, 0.6) is 0 Å². The molecular weight excluding hydrogens is 212 g/mol. The molecule has 2 atom stereocenters. The molecule has 0 radical (unpaired) electrons. The Morgan fingerprint density at radius 2 is 2.12 bits per heavy atom. The first-order valence-electron chi connectivity index (χ1n) is 6.28. The lowest BCUT2D eigenvalue weighted by Crippen LogP contribution is -2.49. The molecule has 1 aromatic carbocycles. The minimum absolute atomic E-state index is 0.118. The molecule has 1 heterocycles. The van der Waals surface area contributed by atoms with E-state index in [1.54, 1.807) is 0 Å². The number of nitrogens with two attached hydrogens (primary N) is 1. The lowest BCUT2D eigenvalue weighted by atomic mass is 9.92. The zero-order valence-electron chi connectivity index (χ0n) is 10.3. The number of rotatable bonds is 2. The lowest BCUT2D eigenvalue weighted by Gasteiger charge is -2.38. The van der Waals surface area contributed by atoms with Gasteiger partial charge in [-0.2, -0.15) is 0 Å². The number of benzene rings is 1. The van der Waals surface area contributed by atoms with Crippen LogP contribution in [0.3, 0.4) is 0 Å². The van der Waals surface area contributed by atoms with Gasteiger partial charge in [0.1, 0.15) is 0 Å². The van der Waals surface area contributed by atoms with Crippen LogP contribution in [0.15, 0.2) is 30.3 Å². The van der Waals surface area contributed by atoms with Crippen molar-refractivity contribution in [3.63, 3.8) is 0 Å². The van der Waals surface area contributed by atoms with Gasteiger partial charge < -0.3 is 10.6 Å². The van der Waals surface area contributed by atoms with Gasteiger partial charge in [-0.25, -0.2) is 0 Å². The van der Waals surface area contributed by atoms with E-state index in [2.05, 4.69) is 6.92 Å². The molecule has 1 amide bonds. The van der Waals surface area contributed by atoms with Crippen molar-refractivity contribution in [2.24, 2.45) is 11.7 Å². The molecule has 2 rings (SSSR count). The number of carbonyl (C=O) groups is 1. The Hall–Kier alpha value is -1.35. The smallest absolute Gasteiger partial charge is 0.254 e. The lowest BCUT2D eigenvalue weighted by molar-refractivity contribution is 0.0573. The Morgan fingerprint density at radius 1 is 1.41 bits per heavy atom. The van der Waals surface area contributed by atoms with Crippen LogP contribution in [0.1, 0.15) is 30.1 Å². The zero-order chi connectivity index (χ0) is 12.3. The van der Waals surface area contributed by atoms with Gasteiger partial charge in [0.2, 0.25) is 0 Å². The number of amides is 1. The molecular formula is C14H20N2O. The summed E-state index contributed by atoms with van der Waals surface area (Å²) < 4.78 is 0. The number of piperidine rings is 1. The monoisotopic (exact) mass is 232 g/mol. The Balaban J connectivity index is 2.13. The second-order valence-electron chi connectivity index (χ2n) is 4.88. The van der Waals surface area contributed by atoms with Gasteiger partial charge in [0, 0.05) is 24.7 Å². The molecule has 2 N–H and O–H groups in total. The Kier molecular flexibility index (Phi) is 3.79. The van der Waals surface area contributed by atoms with Gasteiger partial charge in [0.15, 0.2) is 0 Å². The molecule has 0 aromatic heterocycles. The second-order valence-corrected chi connectivity index (χ2v) is 4.88. The molecule has 2 unspecified atom stereocenters. The van der Waals surface area contributed by atoms with Gasteiger partial charge in [-0.05, 0) is 30.9 Å². The second kappa shape index (κ2) is 5.32. The fourth-order valence-corrected chi connectivity index (χ4v) is 2.49. The van der Waals surface area contributed by atoms with Crippen molar-refractivity contribution >= 4 is 5.91 Å². The first-order valence-corrected chi connectivity index (χ1v) is 6.28. The molecule has 92 valence electrons. The maximum absolute atomic E-state index is 12.3. The van der Waals surface area contributed by atoms with Gasteiger partial charge in [0.25, 0.3) is 5.91 Å². The molecule has 3 nitrogen and oxygen atoms in total. The van der Waals surface area contributed by atoms with Crippen molar-refractivity contribution in [3.8, 4) is 0 Å². The van der Waals surface area contributed by atoms with E-state index in [1.807, 2.05) is 35.2 Å². The molecule has 3 heteroatoms. The highest BCUT2D eigenvalue weighted by molar-refractivity contribution is 5.94. The Bertz CT molecular complexity index is 377. The van der Waals surface area contributed by atoms with Crippen molar-refractivity contribution in [1.29, 1.82) is 0 Å². The molecule has 1 aromatic rings. The number of carbonyl (C=O) groups excluding carboxylic acids is 1. The summed E-state index contributed by atoms with van der Waals surface area (Å²) in [7, 11) is 0. The van der Waals surface area contributed by atoms with Crippen LogP contribution < -0.4 is 5.73 Å². The van der Waals surface area contributed by atoms with E-state index in [0.29, 0.717) is 12.5 Å². The number of hydrogen-bond donors (Lipinski definition) is 1. The van der Waals surface area contributed by atoms with Crippen molar-refractivity contribution in [1.82, 2.24) is 4.90 Å². The average Bonchev–Trinajstić information content (AvgIpc) is 2.39. The van der Waals surface area contributed by atoms with Gasteiger partial charge in [-0.15, -0.1) is 0 Å². The SMILES string of the molecule is CC1CCN(C(=O)c2ccccc2)C(CN)C1. The number of nitrogens with zero attached hydrogens (tertiary/aromatic N) is 1. The summed E-state index contributed by atoms with van der Waals surface area (Å²) in [5.41, 5.74) is 6.54. The molecule has 0 spiro atoms.